The average Bonchev–Trinajstić information content (AvgIpc) is 2.50. The lowest BCUT2D eigenvalue weighted by atomic mass is 9.75. The molecule has 0 aromatic rings. The van der Waals surface area contributed by atoms with Crippen molar-refractivity contribution in [2.24, 2.45) is 11.8 Å². The Morgan fingerprint density at radius 3 is 2.18 bits per heavy atom. The van der Waals surface area contributed by atoms with Crippen molar-refractivity contribution in [2.45, 2.75) is 84.7 Å². The third-order valence-electron chi connectivity index (χ3n) is 4.88. The van der Waals surface area contributed by atoms with E-state index in [9.17, 15) is 0 Å². The van der Waals surface area contributed by atoms with Gasteiger partial charge in [-0.2, -0.15) is 0 Å². The molecule has 22 heavy (non-hydrogen) atoms. The Labute approximate surface area is 139 Å². The number of allylic oxidation sites excluding steroid dienone is 2. The minimum atomic E-state index is -0.0820. The molecule has 0 bridgehead atoms. The van der Waals surface area contributed by atoms with Crippen LogP contribution in [0.4, 0.5) is 0 Å². The summed E-state index contributed by atoms with van der Waals surface area (Å²) in [5.41, 5.74) is -0.0820. The molecule has 132 valence electrons. The number of hydrogen-bond donors (Lipinski definition) is 0. The Hall–Kier alpha value is -0.340. The van der Waals surface area contributed by atoms with Crippen molar-refractivity contribution in [1.29, 1.82) is 0 Å². The zero-order valence-corrected chi connectivity index (χ0v) is 16.0. The minimum Gasteiger partial charge on any atom is -0.385 e. The quantitative estimate of drug-likeness (QED) is 0.289. The van der Waals surface area contributed by atoms with Gasteiger partial charge in [-0.25, -0.2) is 0 Å². The number of unbranched alkanes of at least 4 members (excludes halogenated alkanes) is 4. The topological polar surface area (TPSA) is 18.5 Å². The van der Waals surface area contributed by atoms with Crippen LogP contribution in [0, 0.1) is 11.8 Å². The van der Waals surface area contributed by atoms with Crippen LogP contribution in [0.2, 0.25) is 0 Å². The van der Waals surface area contributed by atoms with E-state index in [2.05, 4.69) is 39.8 Å². The van der Waals surface area contributed by atoms with E-state index in [0.29, 0.717) is 11.8 Å². The van der Waals surface area contributed by atoms with Gasteiger partial charge in [0, 0.05) is 20.8 Å². The Balaban J connectivity index is 4.67. The van der Waals surface area contributed by atoms with E-state index >= 15 is 0 Å². The van der Waals surface area contributed by atoms with Gasteiger partial charge in [0.2, 0.25) is 0 Å². The van der Waals surface area contributed by atoms with Crippen molar-refractivity contribution in [3.05, 3.63) is 12.2 Å². The molecular formula is C20H40O2. The van der Waals surface area contributed by atoms with Gasteiger partial charge in [-0.3, -0.25) is 0 Å². The molecular weight excluding hydrogens is 272 g/mol. The van der Waals surface area contributed by atoms with Crippen molar-refractivity contribution in [1.82, 2.24) is 0 Å². The number of rotatable bonds is 14. The third-order valence-corrected chi connectivity index (χ3v) is 4.88. The SMILES string of the molecule is CC=CC(CCCCCCC)C(CCCOC)C(C)(C)OC. The highest BCUT2D eigenvalue weighted by molar-refractivity contribution is 4.95. The lowest BCUT2D eigenvalue weighted by Crippen LogP contribution is -2.38. The highest BCUT2D eigenvalue weighted by Crippen LogP contribution is 2.35. The fourth-order valence-electron chi connectivity index (χ4n) is 3.34. The van der Waals surface area contributed by atoms with Gasteiger partial charge < -0.3 is 9.47 Å². The molecule has 0 rings (SSSR count). The third kappa shape index (κ3) is 8.95. The van der Waals surface area contributed by atoms with Crippen molar-refractivity contribution < 1.29 is 9.47 Å². The van der Waals surface area contributed by atoms with E-state index in [-0.39, 0.29) is 5.60 Å². The van der Waals surface area contributed by atoms with Crippen LogP contribution in [0.5, 0.6) is 0 Å². The first kappa shape index (κ1) is 21.7. The average molecular weight is 313 g/mol. The molecule has 0 amide bonds. The Bertz CT molecular complexity index is 271. The largest absolute Gasteiger partial charge is 0.385 e. The van der Waals surface area contributed by atoms with E-state index in [1.54, 1.807) is 7.11 Å². The Kier molecular flexibility index (Phi) is 12.9. The maximum atomic E-state index is 5.83. The number of methoxy groups -OCH3 is 2. The normalized spacial score (nSPS) is 15.4. The summed E-state index contributed by atoms with van der Waals surface area (Å²) in [6.07, 6.45) is 14.9. The monoisotopic (exact) mass is 312 g/mol. The summed E-state index contributed by atoms with van der Waals surface area (Å²) in [4.78, 5) is 0. The molecule has 2 nitrogen and oxygen atoms in total. The molecule has 0 spiro atoms. The van der Waals surface area contributed by atoms with E-state index in [1.165, 1.54) is 44.9 Å². The molecule has 0 aromatic carbocycles. The molecule has 2 unspecified atom stereocenters. The predicted molar refractivity (Wildman–Crippen MR) is 97.4 cm³/mol. The van der Waals surface area contributed by atoms with Gasteiger partial charge in [0.15, 0.2) is 0 Å². The summed E-state index contributed by atoms with van der Waals surface area (Å²) >= 11 is 0. The molecule has 0 radical (unpaired) electrons. The summed E-state index contributed by atoms with van der Waals surface area (Å²) < 4.78 is 11.1. The van der Waals surface area contributed by atoms with Crippen LogP contribution in [0.25, 0.3) is 0 Å². The van der Waals surface area contributed by atoms with Crippen molar-refractivity contribution in [2.75, 3.05) is 20.8 Å². The number of hydrogen-bond acceptors (Lipinski definition) is 2. The molecule has 0 aliphatic carbocycles. The van der Waals surface area contributed by atoms with Crippen molar-refractivity contribution >= 4 is 0 Å². The van der Waals surface area contributed by atoms with E-state index < -0.39 is 0 Å². The zero-order valence-electron chi connectivity index (χ0n) is 16.0. The van der Waals surface area contributed by atoms with E-state index in [1.807, 2.05) is 7.11 Å². The summed E-state index contributed by atoms with van der Waals surface area (Å²) in [5.74, 6) is 1.16. The molecule has 0 N–H and O–H groups in total. The van der Waals surface area contributed by atoms with Gasteiger partial charge >= 0.3 is 0 Å². The highest BCUT2D eigenvalue weighted by Gasteiger charge is 2.33. The van der Waals surface area contributed by atoms with Gasteiger partial charge in [-0.15, -0.1) is 0 Å². The van der Waals surface area contributed by atoms with Gasteiger partial charge in [-0.05, 0) is 51.9 Å². The molecule has 0 aliphatic heterocycles. The second kappa shape index (κ2) is 13.1. The van der Waals surface area contributed by atoms with Crippen LogP contribution in [0.15, 0.2) is 12.2 Å². The Morgan fingerprint density at radius 2 is 1.64 bits per heavy atom. The summed E-state index contributed by atoms with van der Waals surface area (Å²) in [6, 6.07) is 0. The zero-order chi connectivity index (χ0) is 16.8. The predicted octanol–water partition coefficient (Wildman–Crippen LogP) is 6.01. The summed E-state index contributed by atoms with van der Waals surface area (Å²) in [7, 11) is 3.63. The van der Waals surface area contributed by atoms with Crippen LogP contribution in [-0.4, -0.2) is 26.4 Å². The van der Waals surface area contributed by atoms with Gasteiger partial charge in [0.25, 0.3) is 0 Å². The van der Waals surface area contributed by atoms with Crippen LogP contribution >= 0.6 is 0 Å². The second-order valence-corrected chi connectivity index (χ2v) is 6.94. The maximum absolute atomic E-state index is 5.83. The molecule has 0 saturated carbocycles. The van der Waals surface area contributed by atoms with E-state index in [0.717, 1.165) is 13.0 Å². The van der Waals surface area contributed by atoms with Crippen LogP contribution in [-0.2, 0) is 9.47 Å². The fraction of sp³-hybridized carbons (Fsp3) is 0.900. The molecule has 2 heteroatoms. The first-order chi connectivity index (χ1) is 10.5. The standard InChI is InChI=1S/C20H40O2/c1-7-9-10-11-12-15-18(14-8-2)19(16-13-17-21-5)20(3,4)22-6/h8,14,18-19H,7,9-13,15-17H2,1-6H3. The maximum Gasteiger partial charge on any atom is 0.0656 e. The molecule has 0 fully saturated rings. The molecule has 0 saturated heterocycles. The van der Waals surface area contributed by atoms with Crippen molar-refractivity contribution in [3.8, 4) is 0 Å². The molecule has 2 atom stereocenters. The Morgan fingerprint density at radius 1 is 0.955 bits per heavy atom. The summed E-state index contributed by atoms with van der Waals surface area (Å²) in [6.45, 7) is 9.72. The minimum absolute atomic E-state index is 0.0820. The van der Waals surface area contributed by atoms with Crippen LogP contribution in [0.3, 0.4) is 0 Å². The van der Waals surface area contributed by atoms with Crippen LogP contribution < -0.4 is 0 Å². The smallest absolute Gasteiger partial charge is 0.0656 e. The fourth-order valence-corrected chi connectivity index (χ4v) is 3.34. The molecule has 0 heterocycles. The summed E-state index contributed by atoms with van der Waals surface area (Å²) in [5, 5.41) is 0. The first-order valence-corrected chi connectivity index (χ1v) is 9.20. The molecule has 0 aliphatic rings. The highest BCUT2D eigenvalue weighted by atomic mass is 16.5. The lowest BCUT2D eigenvalue weighted by molar-refractivity contribution is -0.0488. The van der Waals surface area contributed by atoms with Gasteiger partial charge in [-0.1, -0.05) is 51.2 Å². The second-order valence-electron chi connectivity index (χ2n) is 6.94. The molecule has 0 aromatic heterocycles. The van der Waals surface area contributed by atoms with Gasteiger partial charge in [0.05, 0.1) is 5.60 Å². The van der Waals surface area contributed by atoms with Crippen LogP contribution in [0.1, 0.15) is 79.1 Å². The number of ether oxygens (including phenoxy) is 2. The van der Waals surface area contributed by atoms with Gasteiger partial charge in [0.1, 0.15) is 0 Å². The van der Waals surface area contributed by atoms with E-state index in [4.69, 9.17) is 9.47 Å². The van der Waals surface area contributed by atoms with Crippen molar-refractivity contribution in [3.63, 3.8) is 0 Å². The first-order valence-electron chi connectivity index (χ1n) is 9.20. The lowest BCUT2D eigenvalue weighted by Gasteiger charge is -2.38.